The average molecular weight is 468 g/mol. The van der Waals surface area contributed by atoms with Crippen LogP contribution in [0.1, 0.15) is 42.3 Å². The van der Waals surface area contributed by atoms with Crippen molar-refractivity contribution in [2.45, 2.75) is 39.3 Å². The zero-order chi connectivity index (χ0) is 24.3. The molecule has 172 valence electrons. The van der Waals surface area contributed by atoms with Gasteiger partial charge in [-0.2, -0.15) is 5.26 Å². The Morgan fingerprint density at radius 2 is 1.85 bits per heavy atom. The highest BCUT2D eigenvalue weighted by Crippen LogP contribution is 2.35. The molecule has 0 aliphatic carbocycles. The van der Waals surface area contributed by atoms with E-state index >= 15 is 0 Å². The number of benzene rings is 2. The Balaban J connectivity index is 1.97. The second kappa shape index (κ2) is 9.55. The third-order valence-corrected chi connectivity index (χ3v) is 5.21. The predicted molar refractivity (Wildman–Crippen MR) is 127 cm³/mol. The molecule has 1 aromatic heterocycles. The second-order valence-electron chi connectivity index (χ2n) is 8.71. The summed E-state index contributed by atoms with van der Waals surface area (Å²) in [5.74, 6) is -0.521. The molecule has 7 nitrogen and oxygen atoms in total. The highest BCUT2D eigenvalue weighted by atomic mass is 35.5. The number of esters is 1. The summed E-state index contributed by atoms with van der Waals surface area (Å²) in [5, 5.41) is 10.4. The minimum atomic E-state index is -0.562. The number of aromatic amines is 1. The summed E-state index contributed by atoms with van der Waals surface area (Å²) in [6, 6.07) is 13.1. The Hall–Kier alpha value is -3.50. The first-order chi connectivity index (χ1) is 15.5. The maximum absolute atomic E-state index is 12.4. The van der Waals surface area contributed by atoms with Crippen molar-refractivity contribution in [2.24, 2.45) is 0 Å². The van der Waals surface area contributed by atoms with Gasteiger partial charge >= 0.3 is 12.1 Å². The van der Waals surface area contributed by atoms with Crippen molar-refractivity contribution >= 4 is 34.6 Å². The SMILES string of the molecule is COC(=O)c1cc(Cl)cc2[nH]c(-c3ccc(CN(C)C(=O)OC(C)(C)C)cc3)c(CC#N)c12. The standard InChI is InChI=1S/C25H26ClN3O4/c1-25(2,3)33-24(31)29(4)14-15-6-8-16(9-7-15)22-18(10-11-27)21-19(23(30)32-5)12-17(26)13-20(21)28-22/h6-9,12-13,28H,10,14H2,1-5H3. The molecule has 1 heterocycles. The fourth-order valence-electron chi connectivity index (χ4n) is 3.59. The lowest BCUT2D eigenvalue weighted by molar-refractivity contribution is 0.0285. The number of H-pyrrole nitrogens is 1. The quantitative estimate of drug-likeness (QED) is 0.485. The van der Waals surface area contributed by atoms with Crippen molar-refractivity contribution in [3.8, 4) is 17.3 Å². The van der Waals surface area contributed by atoms with Gasteiger partial charge in [-0.1, -0.05) is 35.9 Å². The van der Waals surface area contributed by atoms with Crippen molar-refractivity contribution in [1.82, 2.24) is 9.88 Å². The lowest BCUT2D eigenvalue weighted by atomic mass is 9.99. The van der Waals surface area contributed by atoms with Crippen LogP contribution in [0.25, 0.3) is 22.2 Å². The van der Waals surface area contributed by atoms with E-state index in [0.717, 1.165) is 16.8 Å². The van der Waals surface area contributed by atoms with Crippen LogP contribution in [0.3, 0.4) is 0 Å². The van der Waals surface area contributed by atoms with Gasteiger partial charge in [0.1, 0.15) is 5.60 Å². The van der Waals surface area contributed by atoms with E-state index in [4.69, 9.17) is 21.1 Å². The maximum atomic E-state index is 12.4. The predicted octanol–water partition coefficient (Wildman–Crippen LogP) is 5.71. The first-order valence-corrected chi connectivity index (χ1v) is 10.7. The number of nitrogens with zero attached hydrogens (tertiary/aromatic N) is 2. The monoisotopic (exact) mass is 467 g/mol. The molecular weight excluding hydrogens is 442 g/mol. The van der Waals surface area contributed by atoms with Gasteiger partial charge in [0.25, 0.3) is 0 Å². The maximum Gasteiger partial charge on any atom is 0.410 e. The van der Waals surface area contributed by atoms with Crippen LogP contribution in [0.4, 0.5) is 4.79 Å². The topological polar surface area (TPSA) is 95.4 Å². The molecule has 0 saturated heterocycles. The Kier molecular flexibility index (Phi) is 6.99. The molecule has 3 aromatic rings. The number of aromatic nitrogens is 1. The smallest absolute Gasteiger partial charge is 0.410 e. The molecular formula is C25H26ClN3O4. The first kappa shape index (κ1) is 24.1. The fraction of sp³-hybridized carbons (Fsp3) is 0.320. The molecule has 0 aliphatic rings. The number of fused-ring (bicyclic) bond motifs is 1. The van der Waals surface area contributed by atoms with Crippen LogP contribution in [0.2, 0.25) is 5.02 Å². The van der Waals surface area contributed by atoms with Crippen LogP contribution in [0.5, 0.6) is 0 Å². The van der Waals surface area contributed by atoms with E-state index in [1.165, 1.54) is 12.0 Å². The van der Waals surface area contributed by atoms with Gasteiger partial charge in [0.05, 0.1) is 30.9 Å². The Bertz CT molecular complexity index is 1230. The second-order valence-corrected chi connectivity index (χ2v) is 9.15. The number of methoxy groups -OCH3 is 1. The summed E-state index contributed by atoms with van der Waals surface area (Å²) >= 11 is 6.21. The number of hydrogen-bond acceptors (Lipinski definition) is 5. The molecule has 3 rings (SSSR count). The Labute approximate surface area is 197 Å². The van der Waals surface area contributed by atoms with E-state index in [1.54, 1.807) is 19.2 Å². The molecule has 2 aromatic carbocycles. The molecule has 1 amide bonds. The molecule has 8 heteroatoms. The zero-order valence-corrected chi connectivity index (χ0v) is 20.0. The van der Waals surface area contributed by atoms with Crippen LogP contribution in [0, 0.1) is 11.3 Å². The van der Waals surface area contributed by atoms with Crippen molar-refractivity contribution in [1.29, 1.82) is 5.26 Å². The average Bonchev–Trinajstić information content (AvgIpc) is 3.10. The van der Waals surface area contributed by atoms with E-state index in [-0.39, 0.29) is 6.42 Å². The van der Waals surface area contributed by atoms with Gasteiger partial charge in [0.15, 0.2) is 0 Å². The highest BCUT2D eigenvalue weighted by molar-refractivity contribution is 6.32. The third-order valence-electron chi connectivity index (χ3n) is 5.00. The van der Waals surface area contributed by atoms with Crippen LogP contribution < -0.4 is 0 Å². The summed E-state index contributed by atoms with van der Waals surface area (Å²) in [6.45, 7) is 5.86. The van der Waals surface area contributed by atoms with E-state index in [1.807, 2.05) is 45.0 Å². The minimum absolute atomic E-state index is 0.101. The van der Waals surface area contributed by atoms with Crippen LogP contribution in [0.15, 0.2) is 36.4 Å². The van der Waals surface area contributed by atoms with Gasteiger partial charge in [0, 0.05) is 35.1 Å². The molecule has 0 radical (unpaired) electrons. The number of hydrogen-bond donors (Lipinski definition) is 1. The third kappa shape index (κ3) is 5.47. The summed E-state index contributed by atoms with van der Waals surface area (Å²) < 4.78 is 10.3. The Morgan fingerprint density at radius 1 is 1.18 bits per heavy atom. The molecule has 0 unspecified atom stereocenters. The molecule has 0 atom stereocenters. The summed E-state index contributed by atoms with van der Waals surface area (Å²) in [7, 11) is 2.99. The molecule has 33 heavy (non-hydrogen) atoms. The number of rotatable bonds is 5. The largest absolute Gasteiger partial charge is 0.465 e. The highest BCUT2D eigenvalue weighted by Gasteiger charge is 2.22. The lowest BCUT2D eigenvalue weighted by Crippen LogP contribution is -2.33. The van der Waals surface area contributed by atoms with Crippen molar-refractivity contribution < 1.29 is 19.1 Å². The molecule has 0 spiro atoms. The van der Waals surface area contributed by atoms with Gasteiger partial charge in [0.2, 0.25) is 0 Å². The van der Waals surface area contributed by atoms with Gasteiger partial charge in [-0.25, -0.2) is 9.59 Å². The normalized spacial score (nSPS) is 11.2. The van der Waals surface area contributed by atoms with Gasteiger partial charge in [-0.15, -0.1) is 0 Å². The van der Waals surface area contributed by atoms with E-state index in [2.05, 4.69) is 11.1 Å². The number of amides is 1. The molecule has 0 bridgehead atoms. The summed E-state index contributed by atoms with van der Waals surface area (Å²) in [4.78, 5) is 29.4. The number of carbonyl (C=O) groups excluding carboxylic acids is 2. The number of ether oxygens (including phenoxy) is 2. The summed E-state index contributed by atoms with van der Waals surface area (Å²) in [5.41, 5.74) is 3.58. The number of nitriles is 1. The lowest BCUT2D eigenvalue weighted by Gasteiger charge is -2.24. The van der Waals surface area contributed by atoms with Crippen LogP contribution >= 0.6 is 11.6 Å². The number of halogens is 1. The van der Waals surface area contributed by atoms with Crippen molar-refractivity contribution in [3.05, 3.63) is 58.1 Å². The molecule has 0 fully saturated rings. The van der Waals surface area contributed by atoms with Crippen molar-refractivity contribution in [2.75, 3.05) is 14.2 Å². The van der Waals surface area contributed by atoms with Crippen LogP contribution in [-0.2, 0) is 22.4 Å². The van der Waals surface area contributed by atoms with E-state index < -0.39 is 17.7 Å². The first-order valence-electron chi connectivity index (χ1n) is 10.4. The van der Waals surface area contributed by atoms with Gasteiger partial charge in [-0.05, 0) is 44.0 Å². The van der Waals surface area contributed by atoms with E-state index in [9.17, 15) is 14.9 Å². The molecule has 0 saturated carbocycles. The minimum Gasteiger partial charge on any atom is -0.465 e. The number of carbonyl (C=O) groups is 2. The van der Waals surface area contributed by atoms with Gasteiger partial charge in [-0.3, -0.25) is 0 Å². The van der Waals surface area contributed by atoms with Crippen molar-refractivity contribution in [3.63, 3.8) is 0 Å². The van der Waals surface area contributed by atoms with Gasteiger partial charge < -0.3 is 19.4 Å². The Morgan fingerprint density at radius 3 is 2.42 bits per heavy atom. The molecule has 1 N–H and O–H groups in total. The van der Waals surface area contributed by atoms with E-state index in [0.29, 0.717) is 33.6 Å². The summed E-state index contributed by atoms with van der Waals surface area (Å²) in [6.07, 6.45) is -0.296. The number of nitrogens with one attached hydrogen (secondary N) is 1. The van der Waals surface area contributed by atoms with Crippen LogP contribution in [-0.4, -0.2) is 41.7 Å². The fourth-order valence-corrected chi connectivity index (χ4v) is 3.81. The zero-order valence-electron chi connectivity index (χ0n) is 19.3. The molecule has 0 aliphatic heterocycles.